The molecule has 0 saturated carbocycles. The van der Waals surface area contributed by atoms with Crippen molar-refractivity contribution in [3.05, 3.63) is 29.3 Å². The van der Waals surface area contributed by atoms with E-state index in [1.54, 1.807) is 0 Å². The quantitative estimate of drug-likeness (QED) is 0.731. The normalized spacial score (nSPS) is 10.9. The van der Waals surface area contributed by atoms with E-state index in [1.165, 1.54) is 6.92 Å². The van der Waals surface area contributed by atoms with Crippen molar-refractivity contribution in [1.29, 1.82) is 0 Å². The number of benzene rings is 1. The lowest BCUT2D eigenvalue weighted by Gasteiger charge is -2.08. The Morgan fingerprint density at radius 3 is 1.89 bits per heavy atom. The molecule has 1 aromatic carbocycles. The number of carboxylic acids is 2. The Bertz CT molecular complexity index is 560. The smallest absolute Gasteiger partial charge is 0.335 e. The van der Waals surface area contributed by atoms with E-state index in [0.29, 0.717) is 0 Å². The monoisotopic (exact) mass is 273 g/mol. The molecule has 7 nitrogen and oxygen atoms in total. The maximum Gasteiger partial charge on any atom is 0.335 e. The third-order valence-corrected chi connectivity index (χ3v) is 3.39. The molecular formula is C10H11NO6S. The highest BCUT2D eigenvalue weighted by atomic mass is 32.2. The second-order valence-corrected chi connectivity index (χ2v) is 5.43. The van der Waals surface area contributed by atoms with Gasteiger partial charge in [-0.2, -0.15) is 0 Å². The van der Waals surface area contributed by atoms with Gasteiger partial charge < -0.3 is 10.2 Å². The molecule has 0 unspecified atom stereocenters. The van der Waals surface area contributed by atoms with Crippen LogP contribution in [0.5, 0.6) is 0 Å². The Balaban J connectivity index is 3.28. The van der Waals surface area contributed by atoms with E-state index in [-0.39, 0.29) is 22.6 Å². The van der Waals surface area contributed by atoms with Gasteiger partial charge in [-0.25, -0.2) is 18.0 Å². The number of aromatic carboxylic acids is 2. The zero-order chi connectivity index (χ0) is 13.9. The summed E-state index contributed by atoms with van der Waals surface area (Å²) in [6.07, 6.45) is 0. The Hall–Kier alpha value is -2.09. The molecule has 0 spiro atoms. The summed E-state index contributed by atoms with van der Waals surface area (Å²) in [6.45, 7) is 1.40. The molecule has 0 fully saturated rings. The maximum absolute atomic E-state index is 11.3. The number of hydrogen-bond acceptors (Lipinski definition) is 4. The SMILES string of the molecule is CCS(=O)(=O)Nc1cc(C(=O)O)cc(C(=O)O)c1. The lowest BCUT2D eigenvalue weighted by Crippen LogP contribution is -2.15. The Labute approximate surface area is 103 Å². The van der Waals surface area contributed by atoms with E-state index < -0.39 is 22.0 Å². The van der Waals surface area contributed by atoms with Gasteiger partial charge in [0, 0.05) is 0 Å². The first-order valence-electron chi connectivity index (χ1n) is 4.87. The molecule has 0 bridgehead atoms. The maximum atomic E-state index is 11.3. The number of hydrogen-bond donors (Lipinski definition) is 3. The van der Waals surface area contributed by atoms with Gasteiger partial charge in [0.15, 0.2) is 0 Å². The van der Waals surface area contributed by atoms with Crippen molar-refractivity contribution in [2.75, 3.05) is 10.5 Å². The summed E-state index contributed by atoms with van der Waals surface area (Å²) >= 11 is 0. The number of rotatable bonds is 5. The zero-order valence-corrected chi connectivity index (χ0v) is 10.2. The summed E-state index contributed by atoms with van der Waals surface area (Å²) in [5.74, 6) is -2.88. The molecule has 0 aromatic heterocycles. The fraction of sp³-hybridized carbons (Fsp3) is 0.200. The van der Waals surface area contributed by atoms with Crippen LogP contribution in [-0.2, 0) is 10.0 Å². The Kier molecular flexibility index (Phi) is 3.92. The molecule has 0 aliphatic rings. The van der Waals surface area contributed by atoms with Gasteiger partial charge >= 0.3 is 11.9 Å². The average Bonchev–Trinajstić information content (AvgIpc) is 2.27. The third-order valence-electron chi connectivity index (χ3n) is 2.08. The average molecular weight is 273 g/mol. The van der Waals surface area contributed by atoms with E-state index in [4.69, 9.17) is 10.2 Å². The van der Waals surface area contributed by atoms with E-state index in [1.807, 2.05) is 0 Å². The molecule has 8 heteroatoms. The van der Waals surface area contributed by atoms with E-state index in [0.717, 1.165) is 18.2 Å². The number of carboxylic acid groups (broad SMARTS) is 2. The molecule has 98 valence electrons. The Morgan fingerprint density at radius 2 is 1.56 bits per heavy atom. The molecule has 3 N–H and O–H groups in total. The van der Waals surface area contributed by atoms with Gasteiger partial charge in [-0.3, -0.25) is 4.72 Å². The molecule has 0 heterocycles. The first-order chi connectivity index (χ1) is 8.25. The molecule has 0 radical (unpaired) electrons. The predicted molar refractivity (Wildman–Crippen MR) is 63.4 cm³/mol. The summed E-state index contributed by atoms with van der Waals surface area (Å²) in [5.41, 5.74) is -0.693. The minimum absolute atomic E-state index is 0.0887. The molecule has 1 aromatic rings. The molecular weight excluding hydrogens is 262 g/mol. The summed E-state index contributed by atoms with van der Waals surface area (Å²) in [7, 11) is -3.59. The molecule has 0 amide bonds. The van der Waals surface area contributed by atoms with Crippen molar-refractivity contribution >= 4 is 27.6 Å². The Morgan fingerprint density at radius 1 is 1.11 bits per heavy atom. The van der Waals surface area contributed by atoms with Gasteiger partial charge in [0.25, 0.3) is 0 Å². The summed E-state index contributed by atoms with van der Waals surface area (Å²) in [5, 5.41) is 17.6. The van der Waals surface area contributed by atoms with Crippen LogP contribution >= 0.6 is 0 Å². The van der Waals surface area contributed by atoms with Crippen molar-refractivity contribution in [2.45, 2.75) is 6.92 Å². The zero-order valence-electron chi connectivity index (χ0n) is 9.37. The van der Waals surface area contributed by atoms with Crippen LogP contribution in [-0.4, -0.2) is 36.3 Å². The van der Waals surface area contributed by atoms with E-state index >= 15 is 0 Å². The molecule has 18 heavy (non-hydrogen) atoms. The van der Waals surface area contributed by atoms with Gasteiger partial charge in [0.2, 0.25) is 10.0 Å². The highest BCUT2D eigenvalue weighted by Crippen LogP contribution is 2.17. The summed E-state index contributed by atoms with van der Waals surface area (Å²) < 4.78 is 24.8. The van der Waals surface area contributed by atoms with Crippen LogP contribution in [0.2, 0.25) is 0 Å². The predicted octanol–water partition coefficient (Wildman–Crippen LogP) is 0.845. The highest BCUT2D eigenvalue weighted by molar-refractivity contribution is 7.92. The lowest BCUT2D eigenvalue weighted by molar-refractivity contribution is 0.0696. The minimum atomic E-state index is -3.59. The molecule has 0 aliphatic carbocycles. The van der Waals surface area contributed by atoms with Gasteiger partial charge in [0.05, 0.1) is 22.6 Å². The number of anilines is 1. The van der Waals surface area contributed by atoms with Crippen LogP contribution in [0, 0.1) is 0 Å². The van der Waals surface area contributed by atoms with Crippen LogP contribution < -0.4 is 4.72 Å². The molecule has 0 atom stereocenters. The highest BCUT2D eigenvalue weighted by Gasteiger charge is 2.14. The molecule has 1 rings (SSSR count). The number of nitrogens with one attached hydrogen (secondary N) is 1. The number of sulfonamides is 1. The van der Waals surface area contributed by atoms with Crippen molar-refractivity contribution in [1.82, 2.24) is 0 Å². The van der Waals surface area contributed by atoms with E-state index in [9.17, 15) is 18.0 Å². The summed E-state index contributed by atoms with van der Waals surface area (Å²) in [6, 6.07) is 3.07. The number of carbonyl (C=O) groups is 2. The van der Waals surface area contributed by atoms with Gasteiger partial charge in [-0.05, 0) is 25.1 Å². The van der Waals surface area contributed by atoms with Crippen LogP contribution in [0.15, 0.2) is 18.2 Å². The van der Waals surface area contributed by atoms with Crippen LogP contribution in [0.1, 0.15) is 27.6 Å². The standard InChI is InChI=1S/C10H11NO6S/c1-2-18(16,17)11-8-4-6(9(12)13)3-7(5-8)10(14)15/h3-5,11H,2H2,1H3,(H,12,13)(H,14,15). The van der Waals surface area contributed by atoms with Crippen molar-refractivity contribution in [3.63, 3.8) is 0 Å². The molecule has 0 aliphatic heterocycles. The second kappa shape index (κ2) is 5.05. The van der Waals surface area contributed by atoms with Crippen LogP contribution in [0.4, 0.5) is 5.69 Å². The van der Waals surface area contributed by atoms with Gasteiger partial charge in [-0.15, -0.1) is 0 Å². The van der Waals surface area contributed by atoms with Crippen LogP contribution in [0.25, 0.3) is 0 Å². The molecule has 0 saturated heterocycles. The topological polar surface area (TPSA) is 121 Å². The first-order valence-corrected chi connectivity index (χ1v) is 6.52. The lowest BCUT2D eigenvalue weighted by atomic mass is 10.1. The van der Waals surface area contributed by atoms with Crippen molar-refractivity contribution in [2.24, 2.45) is 0 Å². The van der Waals surface area contributed by atoms with E-state index in [2.05, 4.69) is 4.72 Å². The van der Waals surface area contributed by atoms with Crippen molar-refractivity contribution in [3.8, 4) is 0 Å². The minimum Gasteiger partial charge on any atom is -0.478 e. The second-order valence-electron chi connectivity index (χ2n) is 3.41. The van der Waals surface area contributed by atoms with Gasteiger partial charge in [-0.1, -0.05) is 0 Å². The van der Waals surface area contributed by atoms with Crippen LogP contribution in [0.3, 0.4) is 0 Å². The third kappa shape index (κ3) is 3.45. The fourth-order valence-electron chi connectivity index (χ4n) is 1.19. The van der Waals surface area contributed by atoms with Crippen molar-refractivity contribution < 1.29 is 28.2 Å². The first kappa shape index (κ1) is 14.0. The van der Waals surface area contributed by atoms with Gasteiger partial charge in [0.1, 0.15) is 0 Å². The summed E-state index contributed by atoms with van der Waals surface area (Å²) in [4.78, 5) is 21.6. The fourth-order valence-corrected chi connectivity index (χ4v) is 1.81. The largest absolute Gasteiger partial charge is 0.478 e.